The number of rotatable bonds is 8. The molecule has 4 rings (SSSR count). The van der Waals surface area contributed by atoms with Crippen molar-refractivity contribution in [3.8, 4) is 0 Å². The van der Waals surface area contributed by atoms with Crippen LogP contribution in [0.25, 0.3) is 0 Å². The summed E-state index contributed by atoms with van der Waals surface area (Å²) in [5.41, 5.74) is 3.02. The van der Waals surface area contributed by atoms with Crippen LogP contribution in [-0.2, 0) is 0 Å². The highest BCUT2D eigenvalue weighted by molar-refractivity contribution is 5.96. The fraction of sp³-hybridized carbons (Fsp3) is 0.720. The summed E-state index contributed by atoms with van der Waals surface area (Å²) in [6.45, 7) is 5.83. The molecule has 4 N–H and O–H groups in total. The summed E-state index contributed by atoms with van der Waals surface area (Å²) < 4.78 is 0. The largest absolute Gasteiger partial charge is 0.381 e. The van der Waals surface area contributed by atoms with Gasteiger partial charge in [-0.3, -0.25) is 9.69 Å². The average Bonchev–Trinajstić information content (AvgIpc) is 2.82. The van der Waals surface area contributed by atoms with E-state index in [1.807, 2.05) is 6.07 Å². The van der Waals surface area contributed by atoms with Gasteiger partial charge in [-0.05, 0) is 43.9 Å². The van der Waals surface area contributed by atoms with Gasteiger partial charge in [0, 0.05) is 56.9 Å². The molecule has 1 saturated heterocycles. The summed E-state index contributed by atoms with van der Waals surface area (Å²) in [6, 6.07) is 7.24. The second-order valence-electron chi connectivity index (χ2n) is 9.57. The highest BCUT2D eigenvalue weighted by atomic mass is 16.1. The van der Waals surface area contributed by atoms with Gasteiger partial charge in [-0.1, -0.05) is 38.5 Å². The topological polar surface area (TPSA) is 68.4 Å². The summed E-state index contributed by atoms with van der Waals surface area (Å²) in [5.74, 6) is 0.0334. The van der Waals surface area contributed by atoms with E-state index >= 15 is 0 Å². The van der Waals surface area contributed by atoms with Gasteiger partial charge in [0.25, 0.3) is 5.91 Å². The normalized spacial score (nSPS) is 21.5. The van der Waals surface area contributed by atoms with Crippen LogP contribution < -0.4 is 21.3 Å². The Morgan fingerprint density at radius 1 is 0.871 bits per heavy atom. The molecule has 0 aromatic heterocycles. The summed E-state index contributed by atoms with van der Waals surface area (Å²) >= 11 is 0. The third-order valence-electron chi connectivity index (χ3n) is 7.13. The Morgan fingerprint density at radius 3 is 2.13 bits per heavy atom. The van der Waals surface area contributed by atoms with Crippen molar-refractivity contribution in [1.29, 1.82) is 0 Å². The van der Waals surface area contributed by atoms with Crippen LogP contribution >= 0.6 is 0 Å². The first-order valence-corrected chi connectivity index (χ1v) is 12.7. The molecule has 0 radical (unpaired) electrons. The van der Waals surface area contributed by atoms with Crippen molar-refractivity contribution < 1.29 is 4.79 Å². The minimum absolute atomic E-state index is 0.0334. The lowest BCUT2D eigenvalue weighted by Crippen LogP contribution is -2.46. The number of carbonyl (C=O) groups is 1. The Labute approximate surface area is 187 Å². The van der Waals surface area contributed by atoms with Crippen LogP contribution in [-0.4, -0.2) is 62.2 Å². The molecular weight excluding hydrogens is 386 g/mol. The Kier molecular flexibility index (Phi) is 8.47. The lowest BCUT2D eigenvalue weighted by Gasteiger charge is -2.29. The van der Waals surface area contributed by atoms with E-state index in [2.05, 4.69) is 38.3 Å². The van der Waals surface area contributed by atoms with Gasteiger partial charge in [-0.15, -0.1) is 0 Å². The Bertz CT molecular complexity index is 691. The lowest BCUT2D eigenvalue weighted by atomic mass is 9.94. The van der Waals surface area contributed by atoms with Gasteiger partial charge in [0.2, 0.25) is 0 Å². The zero-order valence-corrected chi connectivity index (χ0v) is 19.1. The zero-order chi connectivity index (χ0) is 21.3. The van der Waals surface area contributed by atoms with Crippen LogP contribution in [0.5, 0.6) is 0 Å². The molecular formula is C25H41N5O. The van der Waals surface area contributed by atoms with Crippen LogP contribution in [0.1, 0.15) is 74.6 Å². The quantitative estimate of drug-likeness (QED) is 0.508. The molecule has 1 heterocycles. The van der Waals surface area contributed by atoms with Crippen LogP contribution in [0.3, 0.4) is 0 Å². The highest BCUT2D eigenvalue weighted by Crippen LogP contribution is 2.30. The van der Waals surface area contributed by atoms with E-state index in [1.54, 1.807) is 0 Å². The molecule has 3 fully saturated rings. The van der Waals surface area contributed by atoms with Crippen molar-refractivity contribution in [3.63, 3.8) is 0 Å². The standard InChI is InChI=1S/C25H41N5O/c31-25(27-15-18-30-16-13-26-14-17-30)20-11-12-23(28-21-7-3-1-4-8-21)24(19-20)29-22-9-5-2-6-10-22/h11-12,19,21-22,26,28-29H,1-10,13-18H2,(H,27,31). The van der Waals surface area contributed by atoms with Crippen molar-refractivity contribution in [2.45, 2.75) is 76.3 Å². The van der Waals surface area contributed by atoms with Crippen LogP contribution in [0.15, 0.2) is 18.2 Å². The SMILES string of the molecule is O=C(NCCN1CCNCC1)c1ccc(NC2CCCCC2)c(NC2CCCCC2)c1. The number of nitrogens with zero attached hydrogens (tertiary/aromatic N) is 1. The van der Waals surface area contributed by atoms with Gasteiger partial charge in [-0.2, -0.15) is 0 Å². The summed E-state index contributed by atoms with van der Waals surface area (Å²) in [5, 5.41) is 14.1. The van der Waals surface area contributed by atoms with E-state index < -0.39 is 0 Å². The molecule has 1 aliphatic heterocycles. The number of anilines is 2. The minimum atomic E-state index is 0.0334. The van der Waals surface area contributed by atoms with E-state index in [9.17, 15) is 4.79 Å². The number of carbonyl (C=O) groups excluding carboxylic acids is 1. The van der Waals surface area contributed by atoms with Gasteiger partial charge in [0.1, 0.15) is 0 Å². The maximum atomic E-state index is 12.8. The Hall–Kier alpha value is -1.79. The van der Waals surface area contributed by atoms with Crippen molar-refractivity contribution >= 4 is 17.3 Å². The number of benzene rings is 1. The van der Waals surface area contributed by atoms with Gasteiger partial charge in [-0.25, -0.2) is 0 Å². The van der Waals surface area contributed by atoms with Crippen molar-refractivity contribution in [2.24, 2.45) is 0 Å². The molecule has 6 heteroatoms. The molecule has 2 saturated carbocycles. The van der Waals surface area contributed by atoms with Gasteiger partial charge in [0.05, 0.1) is 11.4 Å². The van der Waals surface area contributed by atoms with Crippen LogP contribution in [0, 0.1) is 0 Å². The van der Waals surface area contributed by atoms with Gasteiger partial charge >= 0.3 is 0 Å². The van der Waals surface area contributed by atoms with Crippen molar-refractivity contribution in [2.75, 3.05) is 49.9 Å². The molecule has 172 valence electrons. The maximum Gasteiger partial charge on any atom is 0.251 e. The summed E-state index contributed by atoms with van der Waals surface area (Å²) in [6.07, 6.45) is 12.9. The molecule has 3 aliphatic rings. The first kappa shape index (κ1) is 22.4. The first-order valence-electron chi connectivity index (χ1n) is 12.7. The molecule has 0 bridgehead atoms. The zero-order valence-electron chi connectivity index (χ0n) is 19.1. The number of amides is 1. The molecule has 31 heavy (non-hydrogen) atoms. The minimum Gasteiger partial charge on any atom is -0.381 e. The third kappa shape index (κ3) is 6.84. The molecule has 0 unspecified atom stereocenters. The predicted molar refractivity (Wildman–Crippen MR) is 129 cm³/mol. The number of hydrogen-bond donors (Lipinski definition) is 4. The van der Waals surface area contributed by atoms with Gasteiger partial charge < -0.3 is 21.3 Å². The third-order valence-corrected chi connectivity index (χ3v) is 7.13. The second-order valence-corrected chi connectivity index (χ2v) is 9.57. The van der Waals surface area contributed by atoms with E-state index in [-0.39, 0.29) is 5.91 Å². The Morgan fingerprint density at radius 2 is 1.48 bits per heavy atom. The smallest absolute Gasteiger partial charge is 0.251 e. The van der Waals surface area contributed by atoms with E-state index in [4.69, 9.17) is 0 Å². The molecule has 6 nitrogen and oxygen atoms in total. The number of nitrogens with one attached hydrogen (secondary N) is 4. The predicted octanol–water partition coefficient (Wildman–Crippen LogP) is 3.81. The second kappa shape index (κ2) is 11.7. The van der Waals surface area contributed by atoms with E-state index in [0.29, 0.717) is 18.6 Å². The molecule has 0 spiro atoms. The lowest BCUT2D eigenvalue weighted by molar-refractivity contribution is 0.0947. The summed E-state index contributed by atoms with van der Waals surface area (Å²) in [4.78, 5) is 15.2. The first-order chi connectivity index (χ1) is 15.3. The molecule has 1 amide bonds. The van der Waals surface area contributed by atoms with E-state index in [0.717, 1.165) is 49.7 Å². The number of piperazine rings is 1. The summed E-state index contributed by atoms with van der Waals surface area (Å²) in [7, 11) is 0. The van der Waals surface area contributed by atoms with E-state index in [1.165, 1.54) is 64.2 Å². The fourth-order valence-electron chi connectivity index (χ4n) is 5.23. The van der Waals surface area contributed by atoms with Crippen LogP contribution in [0.4, 0.5) is 11.4 Å². The number of hydrogen-bond acceptors (Lipinski definition) is 5. The van der Waals surface area contributed by atoms with Crippen molar-refractivity contribution in [3.05, 3.63) is 23.8 Å². The highest BCUT2D eigenvalue weighted by Gasteiger charge is 2.19. The average molecular weight is 428 g/mol. The molecule has 1 aromatic carbocycles. The molecule has 2 aliphatic carbocycles. The monoisotopic (exact) mass is 427 g/mol. The maximum absolute atomic E-state index is 12.8. The molecule has 0 atom stereocenters. The fourth-order valence-corrected chi connectivity index (χ4v) is 5.23. The van der Waals surface area contributed by atoms with Crippen LogP contribution in [0.2, 0.25) is 0 Å². The van der Waals surface area contributed by atoms with Crippen molar-refractivity contribution in [1.82, 2.24) is 15.5 Å². The Balaban J connectivity index is 1.39. The molecule has 1 aromatic rings. The van der Waals surface area contributed by atoms with Gasteiger partial charge in [0.15, 0.2) is 0 Å².